The van der Waals surface area contributed by atoms with E-state index in [0.29, 0.717) is 10.0 Å². The molecule has 1 aromatic heterocycles. The van der Waals surface area contributed by atoms with Crippen molar-refractivity contribution in [3.8, 4) is 11.3 Å². The number of nitrogens with zero attached hydrogens (tertiary/aromatic N) is 1. The molecule has 0 radical (unpaired) electrons. The topological polar surface area (TPSA) is 24.9 Å². The fraction of sp³-hybridized carbons (Fsp3) is 0.0870. The Kier molecular flexibility index (Phi) is 4.77. The summed E-state index contributed by atoms with van der Waals surface area (Å²) >= 11 is 12.9. The van der Waals surface area contributed by atoms with Crippen molar-refractivity contribution >= 4 is 45.3 Å². The van der Waals surface area contributed by atoms with E-state index in [0.717, 1.165) is 44.5 Å². The molecule has 0 atom stereocenters. The number of halogens is 2. The van der Waals surface area contributed by atoms with Crippen molar-refractivity contribution in [2.75, 3.05) is 5.32 Å². The third-order valence-electron chi connectivity index (χ3n) is 4.61. The number of para-hydroxylation sites is 1. The number of fused-ring (bicyclic) bond motifs is 1. The molecule has 4 aromatic rings. The number of rotatable bonds is 3. The minimum absolute atomic E-state index is 0.673. The van der Waals surface area contributed by atoms with Gasteiger partial charge in [-0.25, -0.2) is 0 Å². The largest absolute Gasteiger partial charge is 0.354 e. The summed E-state index contributed by atoms with van der Waals surface area (Å²) in [6.45, 7) is 4.17. The average molecular weight is 393 g/mol. The number of hydrogen-bond acceptors (Lipinski definition) is 2. The number of anilines is 2. The summed E-state index contributed by atoms with van der Waals surface area (Å²) in [5, 5.41) is 6.89. The van der Waals surface area contributed by atoms with Gasteiger partial charge in [-0.05, 0) is 55.1 Å². The van der Waals surface area contributed by atoms with E-state index < -0.39 is 0 Å². The zero-order valence-electron chi connectivity index (χ0n) is 15.1. The zero-order chi connectivity index (χ0) is 19.0. The van der Waals surface area contributed by atoms with Crippen molar-refractivity contribution in [1.82, 2.24) is 4.98 Å². The van der Waals surface area contributed by atoms with Crippen LogP contribution in [0.1, 0.15) is 11.1 Å². The standard InChI is InChI=1S/C23H18Cl2N2/c1-14-12-15(2)22(27-20-9-4-3-7-18(20)24)17(13-14)23-21-16(10-11-26-23)6-5-8-19(21)25/h3-13,27H,1-2H3. The van der Waals surface area contributed by atoms with Crippen LogP contribution in [0, 0.1) is 13.8 Å². The summed E-state index contributed by atoms with van der Waals surface area (Å²) in [6.07, 6.45) is 1.82. The van der Waals surface area contributed by atoms with Gasteiger partial charge in [-0.3, -0.25) is 4.98 Å². The Morgan fingerprint density at radius 2 is 1.63 bits per heavy atom. The number of aromatic nitrogens is 1. The van der Waals surface area contributed by atoms with Crippen molar-refractivity contribution in [2.24, 2.45) is 0 Å². The second kappa shape index (κ2) is 7.22. The van der Waals surface area contributed by atoms with Gasteiger partial charge >= 0.3 is 0 Å². The molecular formula is C23H18Cl2N2. The highest BCUT2D eigenvalue weighted by Gasteiger charge is 2.16. The summed E-state index contributed by atoms with van der Waals surface area (Å²) in [4.78, 5) is 4.69. The van der Waals surface area contributed by atoms with Crippen LogP contribution in [-0.2, 0) is 0 Å². The highest BCUT2D eigenvalue weighted by molar-refractivity contribution is 6.36. The van der Waals surface area contributed by atoms with Gasteiger partial charge in [0, 0.05) is 17.1 Å². The molecule has 0 spiro atoms. The smallest absolute Gasteiger partial charge is 0.0816 e. The summed E-state index contributed by atoms with van der Waals surface area (Å²) in [6, 6.07) is 19.9. The van der Waals surface area contributed by atoms with Crippen molar-refractivity contribution in [3.63, 3.8) is 0 Å². The maximum Gasteiger partial charge on any atom is 0.0816 e. The van der Waals surface area contributed by atoms with Crippen molar-refractivity contribution in [1.29, 1.82) is 0 Å². The van der Waals surface area contributed by atoms with Crippen molar-refractivity contribution < 1.29 is 0 Å². The van der Waals surface area contributed by atoms with Gasteiger partial charge in [-0.2, -0.15) is 0 Å². The summed E-state index contributed by atoms with van der Waals surface area (Å²) in [5.41, 5.74) is 5.99. The number of aryl methyl sites for hydroxylation is 2. The first kappa shape index (κ1) is 17.8. The predicted molar refractivity (Wildman–Crippen MR) is 116 cm³/mol. The molecule has 0 aliphatic carbocycles. The Morgan fingerprint density at radius 1 is 0.852 bits per heavy atom. The van der Waals surface area contributed by atoms with E-state index in [9.17, 15) is 0 Å². The second-order valence-electron chi connectivity index (χ2n) is 6.61. The summed E-state index contributed by atoms with van der Waals surface area (Å²) in [7, 11) is 0. The molecule has 0 bridgehead atoms. The Balaban J connectivity index is 1.98. The van der Waals surface area contributed by atoms with Crippen LogP contribution in [0.4, 0.5) is 11.4 Å². The second-order valence-corrected chi connectivity index (χ2v) is 7.42. The lowest BCUT2D eigenvalue weighted by molar-refractivity contribution is 1.32. The lowest BCUT2D eigenvalue weighted by atomic mass is 9.97. The lowest BCUT2D eigenvalue weighted by Crippen LogP contribution is -1.99. The molecule has 4 rings (SSSR count). The average Bonchev–Trinajstić information content (AvgIpc) is 2.65. The molecule has 2 nitrogen and oxygen atoms in total. The van der Waals surface area contributed by atoms with Gasteiger partial charge in [0.2, 0.25) is 0 Å². The molecular weight excluding hydrogens is 375 g/mol. The molecule has 0 saturated carbocycles. The van der Waals surface area contributed by atoms with Gasteiger partial charge < -0.3 is 5.32 Å². The molecule has 1 heterocycles. The molecule has 0 aliphatic heterocycles. The van der Waals surface area contributed by atoms with Crippen LogP contribution in [0.15, 0.2) is 66.9 Å². The predicted octanol–water partition coefficient (Wildman–Crippen LogP) is 7.57. The van der Waals surface area contributed by atoms with Gasteiger partial charge in [0.25, 0.3) is 0 Å². The van der Waals surface area contributed by atoms with Crippen molar-refractivity contribution in [3.05, 3.63) is 88.0 Å². The van der Waals surface area contributed by atoms with Crippen LogP contribution in [0.2, 0.25) is 10.0 Å². The molecule has 0 saturated heterocycles. The Morgan fingerprint density at radius 3 is 2.44 bits per heavy atom. The van der Waals surface area contributed by atoms with Crippen molar-refractivity contribution in [2.45, 2.75) is 13.8 Å². The first-order valence-electron chi connectivity index (χ1n) is 8.71. The maximum atomic E-state index is 6.55. The van der Waals surface area contributed by atoms with Gasteiger partial charge in [-0.15, -0.1) is 0 Å². The molecule has 3 aromatic carbocycles. The fourth-order valence-corrected chi connectivity index (χ4v) is 3.86. The van der Waals surface area contributed by atoms with E-state index in [2.05, 4.69) is 42.3 Å². The Hall–Kier alpha value is -2.55. The highest BCUT2D eigenvalue weighted by atomic mass is 35.5. The van der Waals surface area contributed by atoms with E-state index >= 15 is 0 Å². The molecule has 27 heavy (non-hydrogen) atoms. The molecule has 4 heteroatoms. The monoisotopic (exact) mass is 392 g/mol. The van der Waals surface area contributed by atoms with Gasteiger partial charge in [0.1, 0.15) is 0 Å². The summed E-state index contributed by atoms with van der Waals surface area (Å²) in [5.74, 6) is 0. The molecule has 0 unspecified atom stereocenters. The molecule has 1 N–H and O–H groups in total. The number of nitrogens with one attached hydrogen (secondary N) is 1. The third kappa shape index (κ3) is 3.39. The first-order valence-corrected chi connectivity index (χ1v) is 9.46. The van der Waals surface area contributed by atoms with E-state index in [-0.39, 0.29) is 0 Å². The number of benzene rings is 3. The van der Waals surface area contributed by atoms with E-state index in [1.165, 1.54) is 0 Å². The van der Waals surface area contributed by atoms with Gasteiger partial charge in [0.05, 0.1) is 27.1 Å². The molecule has 134 valence electrons. The molecule has 0 aliphatic rings. The minimum Gasteiger partial charge on any atom is -0.354 e. The van der Waals surface area contributed by atoms with E-state index in [1.807, 2.05) is 48.7 Å². The van der Waals surface area contributed by atoms with Crippen LogP contribution in [0.5, 0.6) is 0 Å². The molecule has 0 amide bonds. The fourth-order valence-electron chi connectivity index (χ4n) is 3.41. The lowest BCUT2D eigenvalue weighted by Gasteiger charge is -2.18. The van der Waals surface area contributed by atoms with Crippen LogP contribution < -0.4 is 5.32 Å². The SMILES string of the molecule is Cc1cc(C)c(Nc2ccccc2Cl)c(-c2nccc3cccc(Cl)c23)c1. The van der Waals surface area contributed by atoms with Crippen LogP contribution in [0.3, 0.4) is 0 Å². The van der Waals surface area contributed by atoms with Gasteiger partial charge in [-0.1, -0.05) is 59.1 Å². The van der Waals surface area contributed by atoms with Crippen LogP contribution in [0.25, 0.3) is 22.0 Å². The number of hydrogen-bond donors (Lipinski definition) is 1. The quantitative estimate of drug-likeness (QED) is 0.388. The number of pyridine rings is 1. The van der Waals surface area contributed by atoms with Crippen LogP contribution >= 0.6 is 23.2 Å². The van der Waals surface area contributed by atoms with E-state index in [4.69, 9.17) is 23.2 Å². The normalized spacial score (nSPS) is 11.0. The Labute approximate surface area is 168 Å². The van der Waals surface area contributed by atoms with Crippen LogP contribution in [-0.4, -0.2) is 4.98 Å². The Bertz CT molecular complexity index is 1150. The highest BCUT2D eigenvalue weighted by Crippen LogP contribution is 2.39. The molecule has 0 fully saturated rings. The van der Waals surface area contributed by atoms with E-state index in [1.54, 1.807) is 0 Å². The first-order chi connectivity index (χ1) is 13.0. The maximum absolute atomic E-state index is 6.55. The minimum atomic E-state index is 0.673. The zero-order valence-corrected chi connectivity index (χ0v) is 16.6. The van der Waals surface area contributed by atoms with Gasteiger partial charge in [0.15, 0.2) is 0 Å². The third-order valence-corrected chi connectivity index (χ3v) is 5.25. The summed E-state index contributed by atoms with van der Waals surface area (Å²) < 4.78 is 0.